The first-order chi connectivity index (χ1) is 65.1. The average Bonchev–Trinajstić information content (AvgIpc) is 0.699. The monoisotopic (exact) mass is 1870 g/mol. The summed E-state index contributed by atoms with van der Waals surface area (Å²) in [4.78, 5) is 4.60. The highest BCUT2D eigenvalue weighted by molar-refractivity contribution is 5.95. The molecule has 0 amide bonds. The smallest absolute Gasteiger partial charge is 0.186 e. The molecule has 12 aromatic rings. The summed E-state index contributed by atoms with van der Waals surface area (Å²) in [7, 11) is 0. The van der Waals surface area contributed by atoms with E-state index in [1.54, 1.807) is 104 Å². The van der Waals surface area contributed by atoms with Gasteiger partial charge in [0.05, 0.1) is 67.8 Å². The third-order valence-electron chi connectivity index (χ3n) is 29.6. The molecule has 0 spiro atoms. The molecule has 0 saturated heterocycles. The van der Waals surface area contributed by atoms with Gasteiger partial charge >= 0.3 is 0 Å². The van der Waals surface area contributed by atoms with Gasteiger partial charge in [-0.25, -0.2) is 70.2 Å². The zero-order valence-corrected chi connectivity index (χ0v) is 80.7. The lowest BCUT2D eigenvalue weighted by molar-refractivity contribution is 0.401. The second kappa shape index (κ2) is 39.7. The van der Waals surface area contributed by atoms with Crippen molar-refractivity contribution >= 4 is 68.2 Å². The molecule has 0 saturated carbocycles. The Bertz CT molecular complexity index is 5860. The molecule has 4 nitrogen and oxygen atoms in total. The number of benzene rings is 12. The summed E-state index contributed by atoms with van der Waals surface area (Å²) in [5.74, 6) is -33.6. The number of hydrogen-bond donors (Lipinski definition) is 0. The molecule has 20 heteroatoms. The molecule has 4 aliphatic heterocycles. The van der Waals surface area contributed by atoms with Crippen LogP contribution in [0.15, 0.2) is 146 Å². The predicted molar refractivity (Wildman–Crippen MR) is 519 cm³/mol. The molecule has 716 valence electrons. The van der Waals surface area contributed by atoms with E-state index in [9.17, 15) is 0 Å². The first-order valence-electron chi connectivity index (χ1n) is 48.6. The van der Waals surface area contributed by atoms with Crippen LogP contribution in [-0.2, 0) is 21.7 Å². The van der Waals surface area contributed by atoms with Crippen LogP contribution in [0, 0.1) is 148 Å². The highest BCUT2D eigenvalue weighted by Crippen LogP contribution is 2.65. The van der Waals surface area contributed by atoms with Gasteiger partial charge < -0.3 is 19.6 Å². The summed E-state index contributed by atoms with van der Waals surface area (Å²) < 4.78 is 274. The number of anilines is 12. The fraction of sp³-hybridized carbons (Fsp3) is 0.379. The van der Waals surface area contributed by atoms with Crippen LogP contribution in [-0.4, -0.2) is 0 Å². The van der Waals surface area contributed by atoms with Crippen molar-refractivity contribution in [2.24, 2.45) is 0 Å². The van der Waals surface area contributed by atoms with E-state index in [1.165, 1.54) is 9.80 Å². The van der Waals surface area contributed by atoms with E-state index in [1.807, 2.05) is 97.1 Å². The largest absolute Gasteiger partial charge is 0.304 e. The van der Waals surface area contributed by atoms with Gasteiger partial charge in [-0.2, -0.15) is 0 Å². The van der Waals surface area contributed by atoms with Gasteiger partial charge in [0.25, 0.3) is 0 Å². The summed E-state index contributed by atoms with van der Waals surface area (Å²) in [5, 5.41) is 0. The quantitative estimate of drug-likeness (QED) is 0.0329. The van der Waals surface area contributed by atoms with E-state index >= 15 is 70.2 Å². The third-order valence-corrected chi connectivity index (χ3v) is 29.6. The average molecular weight is 1870 g/mol. The molecule has 0 radical (unpaired) electrons. The molecule has 16 rings (SSSR count). The van der Waals surface area contributed by atoms with Crippen molar-refractivity contribution in [3.05, 3.63) is 328 Å². The Hall–Kier alpha value is -11.3. The minimum Gasteiger partial charge on any atom is -0.304 e. The van der Waals surface area contributed by atoms with Crippen LogP contribution >= 0.6 is 0 Å². The minimum atomic E-state index is -2.21. The molecule has 4 aliphatic rings. The molecular formula is C116H120F16N4. The van der Waals surface area contributed by atoms with Crippen LogP contribution in [0.3, 0.4) is 0 Å². The van der Waals surface area contributed by atoms with Gasteiger partial charge in [0, 0.05) is 21.7 Å². The molecule has 0 aliphatic carbocycles. The van der Waals surface area contributed by atoms with Crippen LogP contribution in [0.2, 0.25) is 0 Å². The van der Waals surface area contributed by atoms with Gasteiger partial charge in [0.1, 0.15) is 22.7 Å². The standard InChI is InChI=1S/2C58H60F8N2/c1-9-13-29-57(30-14-10-2)37-25-17-21-33(5)51(37)67(52-34(6)22-18-26-38(52)57)55-47(63)43(59)41(44(60)48(55)64)42-45(61)49(65)56(50(66)46(42)62)68-53-35(7)23-19-27-39(53)58(31-15-11-3,32-16-12-4)40-28-20-24-36(8)54(40)68;1-9-13-25-57(26-14-10-2)37-21-17-33(5)29-41(37)67(42-30-34(6)18-22-38(42)57)55-51(63)47(59)45(48(60)52(55)64)46-49(61)53(65)56(54(66)50(46)62)68-43-31-35(7)19-23-39(43)58(27-15-11-3,28-16-12-4)40-24-20-36(8)32-44(40)68/h17-28H,9-16,29-32H2,1-8H3;17-24,29-32H,9-16,25-28H2,1-8H3. The molecule has 0 aromatic heterocycles. The first-order valence-corrected chi connectivity index (χ1v) is 48.6. The van der Waals surface area contributed by atoms with Gasteiger partial charge in [-0.1, -0.05) is 279 Å². The Kier molecular flexibility index (Phi) is 28.9. The van der Waals surface area contributed by atoms with E-state index < -0.39 is 160 Å². The topological polar surface area (TPSA) is 13.0 Å². The van der Waals surface area contributed by atoms with Crippen LogP contribution in [0.5, 0.6) is 0 Å². The zero-order valence-electron chi connectivity index (χ0n) is 80.7. The van der Waals surface area contributed by atoms with E-state index in [0.29, 0.717) is 164 Å². The van der Waals surface area contributed by atoms with E-state index in [0.717, 1.165) is 135 Å². The molecule has 4 heterocycles. The van der Waals surface area contributed by atoms with E-state index in [4.69, 9.17) is 0 Å². The van der Waals surface area contributed by atoms with Crippen molar-refractivity contribution in [2.45, 2.75) is 287 Å². The van der Waals surface area contributed by atoms with E-state index in [-0.39, 0.29) is 0 Å². The lowest BCUT2D eigenvalue weighted by atomic mass is 9.64. The molecule has 0 atom stereocenters. The van der Waals surface area contributed by atoms with Gasteiger partial charge in [0.15, 0.2) is 93.1 Å². The van der Waals surface area contributed by atoms with Crippen LogP contribution < -0.4 is 19.6 Å². The Labute approximate surface area is 790 Å². The number of unbranched alkanes of at least 4 members (excludes halogenated alkanes) is 8. The van der Waals surface area contributed by atoms with E-state index in [2.05, 4.69) is 55.4 Å². The molecule has 0 fully saturated rings. The SMILES string of the molecule is CCCCC1(CCCC)c2ccc(C)cc2N(c2c(F)c(F)c(-c3c(F)c(F)c(N4c5cc(C)ccc5C(CCCC)(CCCC)c5ccc(C)cc54)c(F)c3F)c(F)c2F)c2cc(C)ccc21.CCCCC1(CCCC)c2cccc(C)c2N(c2c(F)c(F)c(-c3c(F)c(F)c(N4c5c(C)cccc5C(CCCC)(CCCC)c5cccc(C)c54)c(F)c3F)c(F)c2F)c2c(C)cccc21. The third kappa shape index (κ3) is 16.0. The molecule has 12 aromatic carbocycles. The summed E-state index contributed by atoms with van der Waals surface area (Å²) in [6.45, 7) is 30.7. The van der Waals surface area contributed by atoms with Crippen molar-refractivity contribution in [1.29, 1.82) is 0 Å². The normalized spacial score (nSPS) is 14.5. The summed E-state index contributed by atoms with van der Waals surface area (Å²) in [6, 6.07) is 43.7. The molecular weight excluding hydrogens is 1750 g/mol. The van der Waals surface area contributed by atoms with Gasteiger partial charge in [0.2, 0.25) is 0 Å². The predicted octanol–water partition coefficient (Wildman–Crippen LogP) is 37.2. The Morgan fingerprint density at radius 3 is 0.515 bits per heavy atom. The Morgan fingerprint density at radius 1 is 0.184 bits per heavy atom. The second-order valence-corrected chi connectivity index (χ2v) is 38.4. The number of para-hydroxylation sites is 4. The highest BCUT2D eigenvalue weighted by Gasteiger charge is 2.53. The Balaban J connectivity index is 0.000000207. The minimum absolute atomic E-state index is 0.291. The Morgan fingerprint density at radius 2 is 0.346 bits per heavy atom. The molecule has 0 bridgehead atoms. The number of hydrogen-bond acceptors (Lipinski definition) is 4. The number of fused-ring (bicyclic) bond motifs is 8. The summed E-state index contributed by atoms with van der Waals surface area (Å²) in [6.07, 6.45) is 19.0. The fourth-order valence-corrected chi connectivity index (χ4v) is 22.9. The maximum Gasteiger partial charge on any atom is 0.186 e. The lowest BCUT2D eigenvalue weighted by Gasteiger charge is -2.47. The van der Waals surface area contributed by atoms with Crippen molar-refractivity contribution < 1.29 is 70.2 Å². The molecule has 0 N–H and O–H groups in total. The van der Waals surface area contributed by atoms with Gasteiger partial charge in [-0.05, 0) is 220 Å². The van der Waals surface area contributed by atoms with Gasteiger partial charge in [-0.15, -0.1) is 0 Å². The number of rotatable bonds is 30. The van der Waals surface area contributed by atoms with Crippen molar-refractivity contribution in [2.75, 3.05) is 19.6 Å². The maximum atomic E-state index is 17.3. The van der Waals surface area contributed by atoms with Crippen molar-refractivity contribution in [3.8, 4) is 22.3 Å². The van der Waals surface area contributed by atoms with Crippen molar-refractivity contribution in [3.63, 3.8) is 0 Å². The lowest BCUT2D eigenvalue weighted by Crippen LogP contribution is -2.37. The maximum absolute atomic E-state index is 17.3. The molecule has 136 heavy (non-hydrogen) atoms. The van der Waals surface area contributed by atoms with Crippen LogP contribution in [0.25, 0.3) is 22.3 Å². The second-order valence-electron chi connectivity index (χ2n) is 38.4. The van der Waals surface area contributed by atoms with Crippen LogP contribution in [0.4, 0.5) is 138 Å². The van der Waals surface area contributed by atoms with Gasteiger partial charge in [-0.3, -0.25) is 0 Å². The highest BCUT2D eigenvalue weighted by atomic mass is 19.2. The summed E-state index contributed by atoms with van der Waals surface area (Å²) >= 11 is 0. The number of halogens is 16. The number of aryl methyl sites for hydroxylation is 8. The van der Waals surface area contributed by atoms with Crippen molar-refractivity contribution in [1.82, 2.24) is 0 Å². The number of nitrogens with zero attached hydrogens (tertiary/aromatic N) is 4. The summed E-state index contributed by atoms with van der Waals surface area (Å²) in [5.41, 5.74) is -1.51. The molecule has 0 unspecified atom stereocenters. The fourth-order valence-electron chi connectivity index (χ4n) is 22.9. The van der Waals surface area contributed by atoms with Crippen LogP contribution in [0.1, 0.15) is 299 Å². The zero-order chi connectivity index (χ0) is 98.0. The first kappa shape index (κ1) is 99.2.